The second-order valence-corrected chi connectivity index (χ2v) is 7.17. The maximum absolute atomic E-state index is 13.5. The van der Waals surface area contributed by atoms with E-state index in [4.69, 9.17) is 0 Å². The lowest BCUT2D eigenvalue weighted by Gasteiger charge is -2.30. The number of carbonyl (C=O) groups is 1. The summed E-state index contributed by atoms with van der Waals surface area (Å²) in [6.07, 6.45) is -3.78. The number of alkyl halides is 3. The Morgan fingerprint density at radius 3 is 2.62 bits per heavy atom. The number of rotatable bonds is 7. The number of amides is 1. The molecule has 26 heavy (non-hydrogen) atoms. The van der Waals surface area contributed by atoms with Gasteiger partial charge < -0.3 is 19.9 Å². The first kappa shape index (κ1) is 20.4. The number of aromatic nitrogens is 2. The van der Waals surface area contributed by atoms with Crippen molar-refractivity contribution in [2.45, 2.75) is 24.2 Å². The van der Waals surface area contributed by atoms with Gasteiger partial charge in [-0.3, -0.25) is 4.79 Å². The van der Waals surface area contributed by atoms with Crippen LogP contribution >= 0.6 is 11.3 Å². The quantitative estimate of drug-likeness (QED) is 0.759. The third-order valence-corrected chi connectivity index (χ3v) is 5.04. The van der Waals surface area contributed by atoms with Crippen LogP contribution in [0, 0.1) is 0 Å². The Labute approximate surface area is 153 Å². The molecule has 2 atom stereocenters. The summed E-state index contributed by atoms with van der Waals surface area (Å²) in [5.74, 6) is -1.53. The smallest absolute Gasteiger partial charge is 0.374 e. The number of halogens is 3. The fraction of sp³-hybridized carbons (Fsp3) is 0.500. The summed E-state index contributed by atoms with van der Waals surface area (Å²) in [6, 6.07) is 3.58. The zero-order chi connectivity index (χ0) is 19.5. The van der Waals surface area contributed by atoms with Crippen LogP contribution in [-0.2, 0) is 17.4 Å². The van der Waals surface area contributed by atoms with Gasteiger partial charge in [0.15, 0.2) is 5.82 Å². The minimum atomic E-state index is -5.04. The molecule has 0 bridgehead atoms. The first-order chi connectivity index (χ1) is 12.1. The maximum atomic E-state index is 13.5. The Kier molecular flexibility index (Phi) is 6.09. The zero-order valence-corrected chi connectivity index (χ0v) is 15.4. The van der Waals surface area contributed by atoms with Gasteiger partial charge in [-0.15, -0.1) is 11.3 Å². The van der Waals surface area contributed by atoms with E-state index in [9.17, 15) is 23.1 Å². The summed E-state index contributed by atoms with van der Waals surface area (Å²) in [5.41, 5.74) is -3.36. The van der Waals surface area contributed by atoms with Crippen LogP contribution in [0.2, 0.25) is 0 Å². The number of nitrogens with one attached hydrogen (secondary N) is 1. The van der Waals surface area contributed by atoms with Crippen molar-refractivity contribution in [1.29, 1.82) is 0 Å². The van der Waals surface area contributed by atoms with Crippen molar-refractivity contribution in [3.8, 4) is 0 Å². The molecular formula is C16H21F3N4O2S. The van der Waals surface area contributed by atoms with Crippen LogP contribution in [0.25, 0.3) is 0 Å². The van der Waals surface area contributed by atoms with Crippen LogP contribution in [0.4, 0.5) is 13.2 Å². The van der Waals surface area contributed by atoms with Gasteiger partial charge in [0.2, 0.25) is 11.5 Å². The standard InChI is InChI=1S/C16H21F3N4O2S/c1-22(2)11(12-5-4-8-26-12)10-21-13(24)9-15(25,16(17,18)19)14-20-6-7-23(14)3/h4-8,11,25H,9-10H2,1-3H3,(H,21,24). The lowest BCUT2D eigenvalue weighted by atomic mass is 9.97. The van der Waals surface area contributed by atoms with Crippen molar-refractivity contribution in [3.63, 3.8) is 0 Å². The first-order valence-corrected chi connectivity index (χ1v) is 8.67. The molecule has 2 unspecified atom stereocenters. The van der Waals surface area contributed by atoms with Crippen LogP contribution < -0.4 is 5.32 Å². The van der Waals surface area contributed by atoms with Crippen molar-refractivity contribution in [2.24, 2.45) is 7.05 Å². The number of imidazole rings is 1. The summed E-state index contributed by atoms with van der Waals surface area (Å²) < 4.78 is 41.5. The number of thiophene rings is 1. The molecule has 1 amide bonds. The normalized spacial score (nSPS) is 15.7. The monoisotopic (exact) mass is 390 g/mol. The second-order valence-electron chi connectivity index (χ2n) is 6.20. The number of likely N-dealkylation sites (N-methyl/N-ethyl adjacent to an activating group) is 1. The van der Waals surface area contributed by atoms with Gasteiger partial charge in [0, 0.05) is 30.9 Å². The van der Waals surface area contributed by atoms with Crippen LogP contribution in [-0.4, -0.2) is 52.3 Å². The van der Waals surface area contributed by atoms with Gasteiger partial charge >= 0.3 is 6.18 Å². The van der Waals surface area contributed by atoms with Gasteiger partial charge in [-0.05, 0) is 25.5 Å². The highest BCUT2D eigenvalue weighted by Gasteiger charge is 2.58. The fourth-order valence-corrected chi connectivity index (χ4v) is 3.52. The molecule has 0 aliphatic heterocycles. The van der Waals surface area contributed by atoms with Crippen LogP contribution in [0.5, 0.6) is 0 Å². The van der Waals surface area contributed by atoms with E-state index in [1.54, 1.807) is 0 Å². The molecule has 2 aromatic rings. The largest absolute Gasteiger partial charge is 0.425 e. The molecule has 0 spiro atoms. The first-order valence-electron chi connectivity index (χ1n) is 7.79. The van der Waals surface area contributed by atoms with Crippen molar-refractivity contribution >= 4 is 17.2 Å². The van der Waals surface area contributed by atoms with Crippen molar-refractivity contribution in [1.82, 2.24) is 19.8 Å². The van der Waals surface area contributed by atoms with E-state index in [1.165, 1.54) is 24.6 Å². The predicted molar refractivity (Wildman–Crippen MR) is 91.5 cm³/mol. The molecule has 0 aromatic carbocycles. The number of aryl methyl sites for hydroxylation is 1. The van der Waals surface area contributed by atoms with Gasteiger partial charge in [0.25, 0.3) is 0 Å². The zero-order valence-electron chi connectivity index (χ0n) is 14.6. The van der Waals surface area contributed by atoms with Gasteiger partial charge in [-0.1, -0.05) is 6.07 Å². The lowest BCUT2D eigenvalue weighted by molar-refractivity contribution is -0.271. The van der Waals surface area contributed by atoms with Crippen LogP contribution in [0.1, 0.15) is 23.2 Å². The fourth-order valence-electron chi connectivity index (χ4n) is 2.59. The average molecular weight is 390 g/mol. The van der Waals surface area contributed by atoms with E-state index in [-0.39, 0.29) is 12.6 Å². The molecule has 2 N–H and O–H groups in total. The molecule has 2 heterocycles. The van der Waals surface area contributed by atoms with E-state index in [0.29, 0.717) is 0 Å². The highest BCUT2D eigenvalue weighted by Crippen LogP contribution is 2.40. The number of carbonyl (C=O) groups excluding carboxylic acids is 1. The summed E-state index contributed by atoms with van der Waals surface area (Å²) in [5, 5.41) is 14.6. The van der Waals surface area contributed by atoms with E-state index in [1.807, 2.05) is 36.5 Å². The van der Waals surface area contributed by atoms with E-state index >= 15 is 0 Å². The molecule has 2 rings (SSSR count). The maximum Gasteiger partial charge on any atom is 0.425 e. The summed E-state index contributed by atoms with van der Waals surface area (Å²) >= 11 is 1.49. The van der Waals surface area contributed by atoms with Crippen molar-refractivity contribution in [3.05, 3.63) is 40.6 Å². The summed E-state index contributed by atoms with van der Waals surface area (Å²) in [6.45, 7) is 0.126. The molecule has 10 heteroatoms. The SMILES string of the molecule is CN(C)C(CNC(=O)CC(O)(c1nccn1C)C(F)(F)F)c1cccs1. The third kappa shape index (κ3) is 4.25. The van der Waals surface area contributed by atoms with Gasteiger partial charge in [0.05, 0.1) is 12.5 Å². The van der Waals surface area contributed by atoms with Gasteiger partial charge in [-0.25, -0.2) is 4.98 Å². The summed E-state index contributed by atoms with van der Waals surface area (Å²) in [7, 11) is 4.96. The topological polar surface area (TPSA) is 70.4 Å². The Morgan fingerprint density at radius 1 is 1.46 bits per heavy atom. The molecule has 0 saturated carbocycles. The molecule has 144 valence electrons. The molecular weight excluding hydrogens is 369 g/mol. The molecule has 2 aromatic heterocycles. The highest BCUT2D eigenvalue weighted by molar-refractivity contribution is 7.10. The number of hydrogen-bond acceptors (Lipinski definition) is 5. The van der Waals surface area contributed by atoms with E-state index in [0.717, 1.165) is 15.6 Å². The Morgan fingerprint density at radius 2 is 2.15 bits per heavy atom. The number of hydrogen-bond donors (Lipinski definition) is 2. The molecule has 0 aliphatic rings. The van der Waals surface area contributed by atoms with Crippen molar-refractivity contribution in [2.75, 3.05) is 20.6 Å². The minimum absolute atomic E-state index is 0.126. The molecule has 0 fully saturated rings. The number of nitrogens with zero attached hydrogens (tertiary/aromatic N) is 3. The molecule has 0 radical (unpaired) electrons. The molecule has 6 nitrogen and oxygen atoms in total. The van der Waals surface area contributed by atoms with E-state index < -0.39 is 29.9 Å². The highest BCUT2D eigenvalue weighted by atomic mass is 32.1. The lowest BCUT2D eigenvalue weighted by Crippen LogP contribution is -2.48. The van der Waals surface area contributed by atoms with Gasteiger partial charge in [0.1, 0.15) is 0 Å². The van der Waals surface area contributed by atoms with Crippen molar-refractivity contribution < 1.29 is 23.1 Å². The average Bonchev–Trinajstić information content (AvgIpc) is 3.17. The third-order valence-electron chi connectivity index (χ3n) is 4.06. The second kappa shape index (κ2) is 7.77. The molecule has 0 saturated heterocycles. The Hall–Kier alpha value is -1.91. The number of aliphatic hydroxyl groups is 1. The Bertz CT molecular complexity index is 730. The predicted octanol–water partition coefficient (Wildman–Crippen LogP) is 2.04. The van der Waals surface area contributed by atoms with Crippen LogP contribution in [0.15, 0.2) is 29.9 Å². The van der Waals surface area contributed by atoms with E-state index in [2.05, 4.69) is 10.3 Å². The van der Waals surface area contributed by atoms with Gasteiger partial charge in [-0.2, -0.15) is 13.2 Å². The summed E-state index contributed by atoms with van der Waals surface area (Å²) in [4.78, 5) is 18.6. The molecule has 0 aliphatic carbocycles. The Balaban J connectivity index is 2.12. The minimum Gasteiger partial charge on any atom is -0.374 e. The van der Waals surface area contributed by atoms with Crippen LogP contribution in [0.3, 0.4) is 0 Å².